The number of anilines is 1. The molecule has 0 spiro atoms. The summed E-state index contributed by atoms with van der Waals surface area (Å²) in [6, 6.07) is 9.40. The average Bonchev–Trinajstić information content (AvgIpc) is 3.33. The minimum atomic E-state index is -0.362. The molecule has 0 aliphatic rings. The Labute approximate surface area is 170 Å². The van der Waals surface area contributed by atoms with E-state index >= 15 is 0 Å². The number of halogens is 1. The third-order valence-electron chi connectivity index (χ3n) is 3.79. The van der Waals surface area contributed by atoms with Crippen molar-refractivity contribution >= 4 is 28.3 Å². The summed E-state index contributed by atoms with van der Waals surface area (Å²) in [4.78, 5) is 27.4. The molecule has 0 bridgehead atoms. The number of nitrogens with zero attached hydrogens (tertiary/aromatic N) is 1. The second-order valence-electron chi connectivity index (χ2n) is 6.17. The first-order valence-electron chi connectivity index (χ1n) is 8.97. The fourth-order valence-electron chi connectivity index (χ4n) is 2.43. The highest BCUT2D eigenvalue weighted by atomic mass is 32.1. The lowest BCUT2D eigenvalue weighted by molar-refractivity contribution is -0.119. The van der Waals surface area contributed by atoms with Crippen LogP contribution in [0.3, 0.4) is 0 Å². The smallest absolute Gasteiger partial charge is 0.226 e. The molecule has 0 radical (unpaired) electrons. The van der Waals surface area contributed by atoms with Crippen LogP contribution < -0.4 is 15.4 Å². The number of hydrogen-bond acceptors (Lipinski definition) is 6. The van der Waals surface area contributed by atoms with E-state index in [1.54, 1.807) is 29.6 Å². The summed E-state index contributed by atoms with van der Waals surface area (Å²) in [6.45, 7) is 2.05. The fraction of sp³-hybridized carbons (Fsp3) is 0.250. The molecule has 2 aromatic heterocycles. The lowest BCUT2D eigenvalue weighted by Crippen LogP contribution is -2.18. The molecule has 1 aromatic carbocycles. The van der Waals surface area contributed by atoms with Gasteiger partial charge in [-0.15, -0.1) is 11.3 Å². The van der Waals surface area contributed by atoms with Gasteiger partial charge in [-0.3, -0.25) is 9.59 Å². The minimum absolute atomic E-state index is 0.136. The first-order chi connectivity index (χ1) is 14.0. The topological polar surface area (TPSA) is 93.5 Å². The van der Waals surface area contributed by atoms with Crippen LogP contribution in [0.2, 0.25) is 0 Å². The van der Waals surface area contributed by atoms with E-state index in [9.17, 15) is 14.0 Å². The Kier molecular flexibility index (Phi) is 6.96. The number of ether oxygens (including phenoxy) is 1. The lowest BCUT2D eigenvalue weighted by Gasteiger charge is -2.06. The molecule has 0 saturated carbocycles. The highest BCUT2D eigenvalue weighted by Gasteiger charge is 2.11. The molecule has 0 fully saturated rings. The van der Waals surface area contributed by atoms with Gasteiger partial charge in [-0.05, 0) is 30.7 Å². The van der Waals surface area contributed by atoms with Gasteiger partial charge in [-0.2, -0.15) is 0 Å². The molecule has 0 saturated heterocycles. The van der Waals surface area contributed by atoms with Crippen LogP contribution in [-0.2, 0) is 16.1 Å². The summed E-state index contributed by atoms with van der Waals surface area (Å²) in [7, 11) is 0. The zero-order chi connectivity index (χ0) is 20.6. The largest absolute Gasteiger partial charge is 0.493 e. The van der Waals surface area contributed by atoms with Crippen LogP contribution in [0.15, 0.2) is 46.2 Å². The Morgan fingerprint density at radius 3 is 2.93 bits per heavy atom. The summed E-state index contributed by atoms with van der Waals surface area (Å²) in [5.41, 5.74) is 0.605. The average molecular weight is 417 g/mol. The maximum absolute atomic E-state index is 13.1. The minimum Gasteiger partial charge on any atom is -0.493 e. The molecular weight excluding hydrogens is 397 g/mol. The van der Waals surface area contributed by atoms with Crippen molar-refractivity contribution in [2.24, 2.45) is 0 Å². The van der Waals surface area contributed by atoms with Gasteiger partial charge in [-0.25, -0.2) is 9.37 Å². The number of carbonyl (C=O) groups is 2. The summed E-state index contributed by atoms with van der Waals surface area (Å²) in [6.07, 6.45) is 0.747. The van der Waals surface area contributed by atoms with Crippen molar-refractivity contribution in [3.05, 3.63) is 53.4 Å². The second kappa shape index (κ2) is 9.83. The molecule has 7 nitrogen and oxygen atoms in total. The quantitative estimate of drug-likeness (QED) is 0.514. The van der Waals surface area contributed by atoms with E-state index in [1.165, 1.54) is 30.4 Å². The molecule has 29 heavy (non-hydrogen) atoms. The summed E-state index contributed by atoms with van der Waals surface area (Å²) in [5.74, 6) is 0.935. The van der Waals surface area contributed by atoms with Gasteiger partial charge in [0.15, 0.2) is 10.9 Å². The Balaban J connectivity index is 1.43. The molecule has 0 atom stereocenters. The summed E-state index contributed by atoms with van der Waals surface area (Å²) < 4.78 is 24.1. The maximum atomic E-state index is 13.1. The molecule has 9 heteroatoms. The number of furan rings is 1. The van der Waals surface area contributed by atoms with E-state index in [1.807, 2.05) is 0 Å². The monoisotopic (exact) mass is 417 g/mol. The van der Waals surface area contributed by atoms with Crippen LogP contribution in [0.4, 0.5) is 9.52 Å². The van der Waals surface area contributed by atoms with E-state index in [-0.39, 0.29) is 24.1 Å². The van der Waals surface area contributed by atoms with Gasteiger partial charge >= 0.3 is 0 Å². The van der Waals surface area contributed by atoms with Crippen LogP contribution in [-0.4, -0.2) is 23.4 Å². The van der Waals surface area contributed by atoms with Gasteiger partial charge in [0.1, 0.15) is 23.0 Å². The molecule has 2 amide bonds. The third kappa shape index (κ3) is 6.42. The molecule has 3 aromatic rings. The Hall–Kier alpha value is -3.20. The third-order valence-corrected chi connectivity index (χ3v) is 4.55. The highest BCUT2D eigenvalue weighted by molar-refractivity contribution is 7.14. The van der Waals surface area contributed by atoms with Gasteiger partial charge in [0, 0.05) is 24.8 Å². The van der Waals surface area contributed by atoms with Gasteiger partial charge in [0.25, 0.3) is 0 Å². The van der Waals surface area contributed by atoms with Gasteiger partial charge in [-0.1, -0.05) is 6.07 Å². The number of aromatic nitrogens is 1. The van der Waals surface area contributed by atoms with Gasteiger partial charge in [0.05, 0.1) is 13.2 Å². The number of carbonyl (C=O) groups excluding carboxylic acids is 2. The molecule has 0 unspecified atom stereocenters. The number of rotatable bonds is 9. The van der Waals surface area contributed by atoms with Crippen LogP contribution >= 0.6 is 11.3 Å². The van der Waals surface area contributed by atoms with E-state index in [0.29, 0.717) is 47.7 Å². The van der Waals surface area contributed by atoms with Crippen LogP contribution in [0, 0.1) is 5.82 Å². The van der Waals surface area contributed by atoms with Crippen molar-refractivity contribution in [1.82, 2.24) is 10.3 Å². The van der Waals surface area contributed by atoms with Crippen molar-refractivity contribution in [2.45, 2.75) is 26.3 Å². The second-order valence-corrected chi connectivity index (χ2v) is 7.03. The first kappa shape index (κ1) is 20.5. The zero-order valence-corrected chi connectivity index (χ0v) is 16.6. The number of nitrogens with one attached hydrogen (secondary N) is 2. The number of amides is 2. The highest BCUT2D eigenvalue weighted by Crippen LogP contribution is 2.26. The Bertz CT molecular complexity index is 986. The van der Waals surface area contributed by atoms with Crippen molar-refractivity contribution in [1.29, 1.82) is 0 Å². The fourth-order valence-corrected chi connectivity index (χ4v) is 3.14. The number of benzene rings is 1. The molecule has 0 aliphatic heterocycles. The standard InChI is InChI=1S/C20H20FN3O4S/c1-13(25)22-11-16-7-8-18(28-16)17-12-29-20(23-17)24-19(26)6-3-9-27-15-5-2-4-14(21)10-15/h2,4-5,7-8,10,12H,3,6,9,11H2,1H3,(H,22,25)(H,23,24,26). The van der Waals surface area contributed by atoms with Crippen molar-refractivity contribution < 1.29 is 23.1 Å². The van der Waals surface area contributed by atoms with E-state index in [4.69, 9.17) is 9.15 Å². The van der Waals surface area contributed by atoms with Gasteiger partial charge in [0.2, 0.25) is 11.8 Å². The van der Waals surface area contributed by atoms with Crippen LogP contribution in [0.5, 0.6) is 5.75 Å². The van der Waals surface area contributed by atoms with Crippen LogP contribution in [0.1, 0.15) is 25.5 Å². The lowest BCUT2D eigenvalue weighted by atomic mass is 10.3. The van der Waals surface area contributed by atoms with Crippen LogP contribution in [0.25, 0.3) is 11.5 Å². The molecule has 2 N–H and O–H groups in total. The normalized spacial score (nSPS) is 10.6. The van der Waals surface area contributed by atoms with E-state index in [2.05, 4.69) is 15.6 Å². The first-order valence-corrected chi connectivity index (χ1v) is 9.85. The Morgan fingerprint density at radius 1 is 1.28 bits per heavy atom. The van der Waals surface area contributed by atoms with E-state index < -0.39 is 0 Å². The molecule has 152 valence electrons. The summed E-state index contributed by atoms with van der Waals surface area (Å²) in [5, 5.41) is 7.65. The van der Waals surface area contributed by atoms with Gasteiger partial charge < -0.3 is 19.8 Å². The molecule has 3 rings (SSSR count). The van der Waals surface area contributed by atoms with Crippen molar-refractivity contribution in [2.75, 3.05) is 11.9 Å². The SMILES string of the molecule is CC(=O)NCc1ccc(-c2csc(NC(=O)CCCOc3cccc(F)c3)n2)o1. The van der Waals surface area contributed by atoms with Crippen molar-refractivity contribution in [3.8, 4) is 17.2 Å². The summed E-state index contributed by atoms with van der Waals surface area (Å²) >= 11 is 1.29. The predicted molar refractivity (Wildman–Crippen MR) is 107 cm³/mol. The zero-order valence-electron chi connectivity index (χ0n) is 15.7. The maximum Gasteiger partial charge on any atom is 0.226 e. The van der Waals surface area contributed by atoms with Crippen molar-refractivity contribution in [3.63, 3.8) is 0 Å². The molecular formula is C20H20FN3O4S. The molecule has 0 aliphatic carbocycles. The molecule has 2 heterocycles. The number of thiazole rings is 1. The predicted octanol–water partition coefficient (Wildman–Crippen LogP) is 3.98. The number of hydrogen-bond donors (Lipinski definition) is 2. The van der Waals surface area contributed by atoms with E-state index in [0.717, 1.165) is 0 Å². The Morgan fingerprint density at radius 2 is 2.14 bits per heavy atom.